The molecule has 0 aromatic rings. The topological polar surface area (TPSA) is 32.3 Å². The molecule has 1 saturated heterocycles. The van der Waals surface area contributed by atoms with Crippen molar-refractivity contribution in [1.82, 2.24) is 10.2 Å². The fraction of sp³-hybridized carbons (Fsp3) is 0.929. The molecule has 1 aliphatic heterocycles. The first-order chi connectivity index (χ1) is 9.38. The zero-order valence-electron chi connectivity index (χ0n) is 12.3. The van der Waals surface area contributed by atoms with Crippen LogP contribution < -0.4 is 5.32 Å². The van der Waals surface area contributed by atoms with Crippen molar-refractivity contribution in [2.24, 2.45) is 11.3 Å². The lowest BCUT2D eigenvalue weighted by atomic mass is 9.91. The normalized spacial score (nSPS) is 23.5. The average molecular weight is 329 g/mol. The van der Waals surface area contributed by atoms with E-state index in [2.05, 4.69) is 5.32 Å². The van der Waals surface area contributed by atoms with Gasteiger partial charge in [-0.25, -0.2) is 0 Å². The van der Waals surface area contributed by atoms with Gasteiger partial charge in [-0.3, -0.25) is 4.79 Å². The van der Waals surface area contributed by atoms with E-state index in [1.807, 2.05) is 6.92 Å². The van der Waals surface area contributed by atoms with E-state index in [-0.39, 0.29) is 36.2 Å². The van der Waals surface area contributed by atoms with Crippen LogP contribution in [0.4, 0.5) is 13.2 Å². The highest BCUT2D eigenvalue weighted by Gasteiger charge is 2.58. The van der Waals surface area contributed by atoms with Gasteiger partial charge in [-0.2, -0.15) is 13.2 Å². The van der Waals surface area contributed by atoms with Crippen molar-refractivity contribution in [2.45, 2.75) is 45.2 Å². The van der Waals surface area contributed by atoms with Crippen LogP contribution in [-0.2, 0) is 4.79 Å². The largest absolute Gasteiger partial charge is 0.406 e. The lowest BCUT2D eigenvalue weighted by Gasteiger charge is -2.27. The molecule has 0 aromatic heterocycles. The maximum Gasteiger partial charge on any atom is 0.406 e. The number of carbonyl (C=O) groups excluding carboxylic acids is 1. The molecule has 21 heavy (non-hydrogen) atoms. The van der Waals surface area contributed by atoms with Gasteiger partial charge < -0.3 is 10.2 Å². The Morgan fingerprint density at radius 2 is 1.95 bits per heavy atom. The van der Waals surface area contributed by atoms with Crippen LogP contribution >= 0.6 is 12.4 Å². The van der Waals surface area contributed by atoms with E-state index < -0.39 is 12.7 Å². The maximum atomic E-state index is 12.6. The average Bonchev–Trinajstić information content (AvgIpc) is 3.06. The molecule has 1 aliphatic carbocycles. The number of nitrogens with zero attached hydrogens (tertiary/aromatic N) is 1. The molecule has 7 heteroatoms. The zero-order chi connectivity index (χ0) is 14.8. The molecule has 1 amide bonds. The number of alkyl halides is 3. The van der Waals surface area contributed by atoms with Gasteiger partial charge in [0.15, 0.2) is 0 Å². The lowest BCUT2D eigenvalue weighted by Crippen LogP contribution is -2.42. The smallest absolute Gasteiger partial charge is 0.333 e. The number of nitrogens with one attached hydrogen (secondary N) is 1. The standard InChI is InChI=1S/C14H23F3N2O.ClH/c1-2-3-8-19(10-14(15,16)17)12(20)11-9-13(11)4-6-18-7-5-13;/h11,18H,2-10H2,1H3;1H. The predicted molar refractivity (Wildman–Crippen MR) is 77.4 cm³/mol. The molecular weight excluding hydrogens is 305 g/mol. The van der Waals surface area contributed by atoms with Gasteiger partial charge in [0.05, 0.1) is 0 Å². The number of unbranched alkanes of at least 4 members (excludes halogenated alkanes) is 1. The summed E-state index contributed by atoms with van der Waals surface area (Å²) in [6.45, 7) is 2.79. The van der Waals surface area contributed by atoms with E-state index in [4.69, 9.17) is 0 Å². The summed E-state index contributed by atoms with van der Waals surface area (Å²) in [6, 6.07) is 0. The molecule has 124 valence electrons. The monoisotopic (exact) mass is 328 g/mol. The van der Waals surface area contributed by atoms with Crippen LogP contribution in [0.1, 0.15) is 39.0 Å². The number of hydrogen-bond acceptors (Lipinski definition) is 2. The lowest BCUT2D eigenvalue weighted by molar-refractivity contribution is -0.162. The minimum atomic E-state index is -4.31. The second kappa shape index (κ2) is 7.18. The van der Waals surface area contributed by atoms with Gasteiger partial charge in [0.1, 0.15) is 6.54 Å². The number of rotatable bonds is 5. The summed E-state index contributed by atoms with van der Waals surface area (Å²) < 4.78 is 37.8. The number of halogens is 4. The predicted octanol–water partition coefficient (Wildman–Crippen LogP) is 2.99. The first-order valence-electron chi connectivity index (χ1n) is 7.44. The molecule has 1 N–H and O–H groups in total. The SMILES string of the molecule is CCCCN(CC(F)(F)F)C(=O)C1CC12CCNCC2.Cl. The minimum absolute atomic E-state index is 0. The minimum Gasteiger partial charge on any atom is -0.333 e. The van der Waals surface area contributed by atoms with Crippen LogP contribution in [0.2, 0.25) is 0 Å². The zero-order valence-corrected chi connectivity index (χ0v) is 13.2. The van der Waals surface area contributed by atoms with Gasteiger partial charge in [-0.1, -0.05) is 13.3 Å². The van der Waals surface area contributed by atoms with E-state index >= 15 is 0 Å². The van der Waals surface area contributed by atoms with E-state index in [9.17, 15) is 18.0 Å². The van der Waals surface area contributed by atoms with Crippen LogP contribution in [0.15, 0.2) is 0 Å². The van der Waals surface area contributed by atoms with Gasteiger partial charge in [0.25, 0.3) is 0 Å². The summed E-state index contributed by atoms with van der Waals surface area (Å²) in [7, 11) is 0. The third kappa shape index (κ3) is 4.74. The van der Waals surface area contributed by atoms with Crippen molar-refractivity contribution in [2.75, 3.05) is 26.2 Å². The van der Waals surface area contributed by atoms with Gasteiger partial charge in [-0.05, 0) is 44.2 Å². The number of amides is 1. The maximum absolute atomic E-state index is 12.6. The summed E-state index contributed by atoms with van der Waals surface area (Å²) in [5.74, 6) is -0.457. The Kier molecular flexibility index (Phi) is 6.35. The fourth-order valence-electron chi connectivity index (χ4n) is 3.23. The van der Waals surface area contributed by atoms with E-state index in [0.29, 0.717) is 6.42 Å². The first-order valence-corrected chi connectivity index (χ1v) is 7.44. The molecule has 0 bridgehead atoms. The Hall–Kier alpha value is -0.490. The van der Waals surface area contributed by atoms with Crippen molar-refractivity contribution >= 4 is 18.3 Å². The van der Waals surface area contributed by atoms with Crippen molar-refractivity contribution in [1.29, 1.82) is 0 Å². The highest BCUT2D eigenvalue weighted by Crippen LogP contribution is 2.59. The van der Waals surface area contributed by atoms with Gasteiger partial charge in [0.2, 0.25) is 5.91 Å². The quantitative estimate of drug-likeness (QED) is 0.841. The van der Waals surface area contributed by atoms with Crippen molar-refractivity contribution in [3.05, 3.63) is 0 Å². The molecule has 3 nitrogen and oxygen atoms in total. The first kappa shape index (κ1) is 18.6. The van der Waals surface area contributed by atoms with Crippen LogP contribution in [-0.4, -0.2) is 43.2 Å². The van der Waals surface area contributed by atoms with Crippen LogP contribution in [0, 0.1) is 11.3 Å². The Labute approximate surface area is 130 Å². The molecule has 2 aliphatic rings. The molecule has 1 heterocycles. The Bertz CT molecular complexity index is 357. The molecule has 2 rings (SSSR count). The van der Waals surface area contributed by atoms with Gasteiger partial charge in [0, 0.05) is 12.5 Å². The highest BCUT2D eigenvalue weighted by atomic mass is 35.5. The third-order valence-electron chi connectivity index (χ3n) is 4.55. The van der Waals surface area contributed by atoms with Crippen molar-refractivity contribution in [3.8, 4) is 0 Å². The van der Waals surface area contributed by atoms with E-state index in [0.717, 1.165) is 43.7 Å². The molecule has 1 spiro atoms. The molecule has 1 saturated carbocycles. The Balaban J connectivity index is 0.00000220. The van der Waals surface area contributed by atoms with E-state index in [1.54, 1.807) is 0 Å². The number of carbonyl (C=O) groups is 1. The molecule has 0 aromatic carbocycles. The molecular formula is C14H24ClF3N2O. The Morgan fingerprint density at radius 3 is 2.48 bits per heavy atom. The van der Waals surface area contributed by atoms with Crippen LogP contribution in [0.3, 0.4) is 0 Å². The second-order valence-corrected chi connectivity index (χ2v) is 6.10. The summed E-state index contributed by atoms with van der Waals surface area (Å²) in [5, 5.41) is 3.24. The summed E-state index contributed by atoms with van der Waals surface area (Å²) in [6.07, 6.45) is -0.286. The third-order valence-corrected chi connectivity index (χ3v) is 4.55. The van der Waals surface area contributed by atoms with Gasteiger partial charge in [-0.15, -0.1) is 12.4 Å². The summed E-state index contributed by atoms with van der Waals surface area (Å²) >= 11 is 0. The number of hydrogen-bond donors (Lipinski definition) is 1. The summed E-state index contributed by atoms with van der Waals surface area (Å²) in [5.41, 5.74) is -0.00159. The highest BCUT2D eigenvalue weighted by molar-refractivity contribution is 5.85. The van der Waals surface area contributed by atoms with Crippen LogP contribution in [0.5, 0.6) is 0 Å². The fourth-order valence-corrected chi connectivity index (χ4v) is 3.23. The molecule has 2 fully saturated rings. The van der Waals surface area contributed by atoms with Crippen molar-refractivity contribution < 1.29 is 18.0 Å². The number of piperidine rings is 1. The molecule has 0 radical (unpaired) electrons. The van der Waals surface area contributed by atoms with Crippen LogP contribution in [0.25, 0.3) is 0 Å². The van der Waals surface area contributed by atoms with Gasteiger partial charge >= 0.3 is 6.18 Å². The summed E-state index contributed by atoms with van der Waals surface area (Å²) in [4.78, 5) is 13.4. The van der Waals surface area contributed by atoms with E-state index in [1.165, 1.54) is 0 Å². The second-order valence-electron chi connectivity index (χ2n) is 6.10. The van der Waals surface area contributed by atoms with Crippen molar-refractivity contribution in [3.63, 3.8) is 0 Å². The molecule has 1 unspecified atom stereocenters. The Morgan fingerprint density at radius 1 is 1.33 bits per heavy atom. The molecule has 1 atom stereocenters.